The van der Waals surface area contributed by atoms with Gasteiger partial charge < -0.3 is 15.2 Å². The number of ether oxygens (including phenoxy) is 1. The second kappa shape index (κ2) is 7.14. The van der Waals surface area contributed by atoms with Crippen LogP contribution in [0.1, 0.15) is 37.9 Å². The van der Waals surface area contributed by atoms with E-state index in [2.05, 4.69) is 18.3 Å². The molecule has 0 radical (unpaired) electrons. The number of rotatable bonds is 6. The first kappa shape index (κ1) is 15.4. The first-order valence-corrected chi connectivity index (χ1v) is 7.33. The van der Waals surface area contributed by atoms with Crippen molar-refractivity contribution in [1.82, 2.24) is 5.32 Å². The van der Waals surface area contributed by atoms with Gasteiger partial charge in [0.2, 0.25) is 0 Å². The van der Waals surface area contributed by atoms with Crippen molar-refractivity contribution < 1.29 is 9.84 Å². The van der Waals surface area contributed by atoms with Gasteiger partial charge in [-0.05, 0) is 32.9 Å². The number of aromatic hydroxyl groups is 1. The molecule has 21 heavy (non-hydrogen) atoms. The molecule has 2 rings (SSSR count). The van der Waals surface area contributed by atoms with E-state index in [4.69, 9.17) is 4.74 Å². The van der Waals surface area contributed by atoms with Crippen LogP contribution in [0.5, 0.6) is 11.5 Å². The molecule has 0 bridgehead atoms. The topological polar surface area (TPSA) is 41.5 Å². The summed E-state index contributed by atoms with van der Waals surface area (Å²) in [5.74, 6) is 1.23. The van der Waals surface area contributed by atoms with Crippen LogP contribution in [-0.4, -0.2) is 11.2 Å². The maximum Gasteiger partial charge on any atom is 0.124 e. The molecule has 1 atom stereocenters. The maximum atomic E-state index is 9.80. The van der Waals surface area contributed by atoms with Crippen LogP contribution in [0.2, 0.25) is 0 Å². The summed E-state index contributed by atoms with van der Waals surface area (Å²) in [4.78, 5) is 0. The Morgan fingerprint density at radius 2 is 1.67 bits per heavy atom. The van der Waals surface area contributed by atoms with Crippen LogP contribution >= 0.6 is 0 Å². The molecule has 0 aliphatic heterocycles. The van der Waals surface area contributed by atoms with Crippen molar-refractivity contribution in [3.05, 3.63) is 59.7 Å². The van der Waals surface area contributed by atoms with E-state index < -0.39 is 0 Å². The van der Waals surface area contributed by atoms with Crippen molar-refractivity contribution in [2.24, 2.45) is 0 Å². The number of para-hydroxylation sites is 2. The Kier molecular flexibility index (Phi) is 5.23. The SMILES string of the molecule is CC(C)Oc1ccccc1C(C)NCc1ccccc1O. The molecule has 112 valence electrons. The van der Waals surface area contributed by atoms with Gasteiger partial charge in [-0.3, -0.25) is 0 Å². The molecule has 3 nitrogen and oxygen atoms in total. The van der Waals surface area contributed by atoms with Crippen LogP contribution in [0.4, 0.5) is 0 Å². The number of hydrogen-bond acceptors (Lipinski definition) is 3. The second-order valence-corrected chi connectivity index (χ2v) is 5.44. The lowest BCUT2D eigenvalue weighted by Gasteiger charge is -2.20. The van der Waals surface area contributed by atoms with E-state index in [-0.39, 0.29) is 12.1 Å². The van der Waals surface area contributed by atoms with E-state index in [1.807, 2.05) is 50.2 Å². The molecule has 0 aliphatic rings. The molecule has 0 spiro atoms. The van der Waals surface area contributed by atoms with Gasteiger partial charge in [-0.15, -0.1) is 0 Å². The van der Waals surface area contributed by atoms with Gasteiger partial charge in [0, 0.05) is 23.7 Å². The predicted octanol–water partition coefficient (Wildman–Crippen LogP) is 4.03. The Morgan fingerprint density at radius 3 is 2.38 bits per heavy atom. The summed E-state index contributed by atoms with van der Waals surface area (Å²) in [5.41, 5.74) is 2.02. The molecule has 2 aromatic rings. The van der Waals surface area contributed by atoms with Gasteiger partial charge in [-0.2, -0.15) is 0 Å². The molecular formula is C18H23NO2. The smallest absolute Gasteiger partial charge is 0.124 e. The molecule has 2 aromatic carbocycles. The van der Waals surface area contributed by atoms with E-state index in [1.54, 1.807) is 6.07 Å². The lowest BCUT2D eigenvalue weighted by atomic mass is 10.1. The Morgan fingerprint density at radius 1 is 1.00 bits per heavy atom. The third-order valence-corrected chi connectivity index (χ3v) is 3.34. The molecule has 0 aromatic heterocycles. The van der Waals surface area contributed by atoms with Crippen LogP contribution in [0.25, 0.3) is 0 Å². The molecule has 3 heteroatoms. The van der Waals surface area contributed by atoms with E-state index in [1.165, 1.54) is 0 Å². The minimum atomic E-state index is 0.138. The van der Waals surface area contributed by atoms with E-state index in [0.717, 1.165) is 16.9 Å². The molecule has 0 saturated carbocycles. The van der Waals surface area contributed by atoms with Gasteiger partial charge in [-0.25, -0.2) is 0 Å². The highest BCUT2D eigenvalue weighted by Crippen LogP contribution is 2.26. The molecule has 0 aliphatic carbocycles. The van der Waals surface area contributed by atoms with Gasteiger partial charge in [0.15, 0.2) is 0 Å². The van der Waals surface area contributed by atoms with Crippen molar-refractivity contribution in [3.8, 4) is 11.5 Å². The second-order valence-electron chi connectivity index (χ2n) is 5.44. The van der Waals surface area contributed by atoms with Crippen LogP contribution in [0.15, 0.2) is 48.5 Å². The Bertz CT molecular complexity index is 581. The van der Waals surface area contributed by atoms with Gasteiger partial charge >= 0.3 is 0 Å². The molecule has 0 saturated heterocycles. The van der Waals surface area contributed by atoms with Crippen molar-refractivity contribution in [1.29, 1.82) is 0 Å². The van der Waals surface area contributed by atoms with Crippen LogP contribution in [-0.2, 0) is 6.54 Å². The van der Waals surface area contributed by atoms with E-state index >= 15 is 0 Å². The lowest BCUT2D eigenvalue weighted by Crippen LogP contribution is -2.19. The zero-order chi connectivity index (χ0) is 15.2. The quantitative estimate of drug-likeness (QED) is 0.842. The van der Waals surface area contributed by atoms with Crippen molar-refractivity contribution >= 4 is 0 Å². The monoisotopic (exact) mass is 285 g/mol. The average Bonchev–Trinajstić information content (AvgIpc) is 2.46. The average molecular weight is 285 g/mol. The maximum absolute atomic E-state index is 9.80. The number of hydrogen-bond donors (Lipinski definition) is 2. The Hall–Kier alpha value is -2.00. The largest absolute Gasteiger partial charge is 0.508 e. The molecule has 1 unspecified atom stereocenters. The summed E-state index contributed by atoms with van der Waals surface area (Å²) in [7, 11) is 0. The molecule has 2 N–H and O–H groups in total. The molecule has 0 fully saturated rings. The summed E-state index contributed by atoms with van der Waals surface area (Å²) < 4.78 is 5.85. The number of phenolic OH excluding ortho intramolecular Hbond substituents is 1. The highest BCUT2D eigenvalue weighted by Gasteiger charge is 2.12. The fourth-order valence-electron chi connectivity index (χ4n) is 2.23. The summed E-state index contributed by atoms with van der Waals surface area (Å²) >= 11 is 0. The van der Waals surface area contributed by atoms with Crippen molar-refractivity contribution in [2.45, 2.75) is 39.5 Å². The van der Waals surface area contributed by atoms with E-state index in [0.29, 0.717) is 12.3 Å². The molecular weight excluding hydrogens is 262 g/mol. The van der Waals surface area contributed by atoms with E-state index in [9.17, 15) is 5.11 Å². The van der Waals surface area contributed by atoms with Crippen molar-refractivity contribution in [3.63, 3.8) is 0 Å². The normalized spacial score (nSPS) is 12.4. The highest BCUT2D eigenvalue weighted by molar-refractivity contribution is 5.36. The first-order valence-electron chi connectivity index (χ1n) is 7.33. The van der Waals surface area contributed by atoms with Gasteiger partial charge in [-0.1, -0.05) is 36.4 Å². The third kappa shape index (κ3) is 4.23. The number of nitrogens with one attached hydrogen (secondary N) is 1. The minimum Gasteiger partial charge on any atom is -0.508 e. The summed E-state index contributed by atoms with van der Waals surface area (Å²) in [6, 6.07) is 15.6. The fraction of sp³-hybridized carbons (Fsp3) is 0.333. The van der Waals surface area contributed by atoms with Gasteiger partial charge in [0.1, 0.15) is 11.5 Å². The molecule has 0 heterocycles. The Balaban J connectivity index is 2.07. The summed E-state index contributed by atoms with van der Waals surface area (Å²) in [6.45, 7) is 6.76. The summed E-state index contributed by atoms with van der Waals surface area (Å²) in [5, 5.41) is 13.2. The van der Waals surface area contributed by atoms with Gasteiger partial charge in [0.25, 0.3) is 0 Å². The Labute approximate surface area is 126 Å². The fourth-order valence-corrected chi connectivity index (χ4v) is 2.23. The van der Waals surface area contributed by atoms with Crippen LogP contribution in [0, 0.1) is 0 Å². The van der Waals surface area contributed by atoms with Crippen molar-refractivity contribution in [2.75, 3.05) is 0 Å². The predicted molar refractivity (Wildman–Crippen MR) is 85.6 cm³/mol. The number of phenols is 1. The minimum absolute atomic E-state index is 0.138. The highest BCUT2D eigenvalue weighted by atomic mass is 16.5. The lowest BCUT2D eigenvalue weighted by molar-refractivity contribution is 0.238. The standard InChI is InChI=1S/C18H23NO2/c1-13(2)21-18-11-7-5-9-16(18)14(3)19-12-15-8-4-6-10-17(15)20/h4-11,13-14,19-20H,12H2,1-3H3. The number of benzene rings is 2. The van der Waals surface area contributed by atoms with Gasteiger partial charge in [0.05, 0.1) is 6.10 Å². The summed E-state index contributed by atoms with van der Waals surface area (Å²) in [6.07, 6.45) is 0.150. The van der Waals surface area contributed by atoms with Crippen LogP contribution in [0.3, 0.4) is 0 Å². The third-order valence-electron chi connectivity index (χ3n) is 3.34. The zero-order valence-electron chi connectivity index (χ0n) is 12.8. The molecule has 0 amide bonds. The zero-order valence-corrected chi connectivity index (χ0v) is 12.8. The first-order chi connectivity index (χ1) is 10.1. The van der Waals surface area contributed by atoms with Crippen LogP contribution < -0.4 is 10.1 Å².